The van der Waals surface area contributed by atoms with Gasteiger partial charge in [0.25, 0.3) is 0 Å². The van der Waals surface area contributed by atoms with Crippen molar-refractivity contribution in [3.8, 4) is 5.75 Å². The first-order valence-electron chi connectivity index (χ1n) is 5.50. The van der Waals surface area contributed by atoms with Gasteiger partial charge in [0.1, 0.15) is 5.75 Å². The van der Waals surface area contributed by atoms with E-state index in [1.54, 1.807) is 31.2 Å². The van der Waals surface area contributed by atoms with Gasteiger partial charge in [0.15, 0.2) is 5.58 Å². The molecule has 0 amide bonds. The molecule has 1 aromatic heterocycles. The summed E-state index contributed by atoms with van der Waals surface area (Å²) in [6.45, 7) is 1.55. The van der Waals surface area contributed by atoms with E-state index >= 15 is 0 Å². The Kier molecular flexibility index (Phi) is 2.53. The number of phenols is 1. The first kappa shape index (κ1) is 11.7. The molecule has 2 aromatic carbocycles. The molecule has 0 spiro atoms. The highest BCUT2D eigenvalue weighted by Crippen LogP contribution is 2.38. The highest BCUT2D eigenvalue weighted by Gasteiger charge is 2.20. The molecule has 0 bridgehead atoms. The molecular weight excluding hydrogens is 266 g/mol. The average molecular weight is 275 g/mol. The number of hydrogen-bond donors (Lipinski definition) is 2. The number of fused-ring (bicyclic) bond motifs is 3. The van der Waals surface area contributed by atoms with Crippen LogP contribution in [0.1, 0.15) is 12.5 Å². The van der Waals surface area contributed by atoms with Crippen LogP contribution in [-0.2, 0) is 0 Å². The molecule has 6 heteroatoms. The Morgan fingerprint density at radius 2 is 2.00 bits per heavy atom. The van der Waals surface area contributed by atoms with Gasteiger partial charge >= 0.3 is 4.94 Å². The predicted octanol–water partition coefficient (Wildman–Crippen LogP) is 2.91. The highest BCUT2D eigenvalue weighted by atomic mass is 32.1. The monoisotopic (exact) mass is 275 g/mol. The SMILES string of the molecule is C/C(=N/O)c1c(O)c2ccccc2c2oc(=O)sc12. The fourth-order valence-electron chi connectivity index (χ4n) is 2.14. The maximum atomic E-state index is 11.5. The number of benzene rings is 2. The van der Waals surface area contributed by atoms with Crippen molar-refractivity contribution in [2.75, 3.05) is 0 Å². The van der Waals surface area contributed by atoms with E-state index in [2.05, 4.69) is 5.16 Å². The van der Waals surface area contributed by atoms with Crippen molar-refractivity contribution in [1.29, 1.82) is 0 Å². The van der Waals surface area contributed by atoms with Gasteiger partial charge in [0.05, 0.1) is 16.0 Å². The Balaban J connectivity index is 2.66. The van der Waals surface area contributed by atoms with Crippen LogP contribution in [0.4, 0.5) is 0 Å². The van der Waals surface area contributed by atoms with Crippen molar-refractivity contribution in [3.63, 3.8) is 0 Å². The van der Waals surface area contributed by atoms with Crippen molar-refractivity contribution in [2.24, 2.45) is 5.16 Å². The lowest BCUT2D eigenvalue weighted by Gasteiger charge is -2.07. The molecule has 1 heterocycles. The molecule has 96 valence electrons. The van der Waals surface area contributed by atoms with Crippen LogP contribution in [0.2, 0.25) is 0 Å². The van der Waals surface area contributed by atoms with E-state index in [0.29, 0.717) is 26.6 Å². The molecule has 0 fully saturated rings. The van der Waals surface area contributed by atoms with Crippen molar-refractivity contribution in [2.45, 2.75) is 6.92 Å². The lowest BCUT2D eigenvalue weighted by atomic mass is 10.0. The predicted molar refractivity (Wildman–Crippen MR) is 73.5 cm³/mol. The molecule has 5 nitrogen and oxygen atoms in total. The summed E-state index contributed by atoms with van der Waals surface area (Å²) in [7, 11) is 0. The maximum Gasteiger partial charge on any atom is 0.396 e. The number of rotatable bonds is 1. The Labute approximate surface area is 111 Å². The van der Waals surface area contributed by atoms with Crippen molar-refractivity contribution in [3.05, 3.63) is 39.6 Å². The van der Waals surface area contributed by atoms with E-state index in [9.17, 15) is 9.90 Å². The summed E-state index contributed by atoms with van der Waals surface area (Å²) < 4.78 is 5.67. The Morgan fingerprint density at radius 1 is 1.32 bits per heavy atom. The topological polar surface area (TPSA) is 83.0 Å². The number of hydrogen-bond acceptors (Lipinski definition) is 6. The summed E-state index contributed by atoms with van der Waals surface area (Å²) in [6.07, 6.45) is 0. The van der Waals surface area contributed by atoms with Crippen LogP contribution in [0, 0.1) is 0 Å². The van der Waals surface area contributed by atoms with Crippen LogP contribution in [0.5, 0.6) is 5.75 Å². The standard InChI is InChI=1S/C13H9NO4S/c1-6(14-17)9-10(15)7-4-2-3-5-8(7)11-12(9)19-13(16)18-11/h2-5,15,17H,1H3/b14-6-. The molecule has 0 atom stereocenters. The van der Waals surface area contributed by atoms with Crippen molar-refractivity contribution < 1.29 is 14.7 Å². The number of phenolic OH excluding ortho intramolecular Hbond substituents is 1. The summed E-state index contributed by atoms with van der Waals surface area (Å²) in [6, 6.07) is 7.05. The second-order valence-corrected chi connectivity index (χ2v) is 5.01. The lowest BCUT2D eigenvalue weighted by molar-refractivity contribution is 0.319. The van der Waals surface area contributed by atoms with E-state index in [-0.39, 0.29) is 11.5 Å². The number of aromatic hydroxyl groups is 1. The first-order valence-corrected chi connectivity index (χ1v) is 6.31. The van der Waals surface area contributed by atoms with Crippen LogP contribution in [-0.4, -0.2) is 16.0 Å². The van der Waals surface area contributed by atoms with Gasteiger partial charge in [-0.05, 0) is 6.92 Å². The van der Waals surface area contributed by atoms with Gasteiger partial charge in [-0.1, -0.05) is 40.8 Å². The molecule has 0 aliphatic heterocycles. The fourth-order valence-corrected chi connectivity index (χ4v) is 3.02. The fraction of sp³-hybridized carbons (Fsp3) is 0.0769. The summed E-state index contributed by atoms with van der Waals surface area (Å²) in [5.74, 6) is -0.0181. The van der Waals surface area contributed by atoms with Gasteiger partial charge in [0, 0.05) is 10.8 Å². The van der Waals surface area contributed by atoms with Gasteiger partial charge in [-0.25, -0.2) is 4.79 Å². The molecule has 0 aliphatic rings. The molecule has 0 unspecified atom stereocenters. The molecule has 19 heavy (non-hydrogen) atoms. The van der Waals surface area contributed by atoms with E-state index < -0.39 is 4.94 Å². The van der Waals surface area contributed by atoms with Crippen LogP contribution >= 0.6 is 11.3 Å². The summed E-state index contributed by atoms with van der Waals surface area (Å²) in [5, 5.41) is 23.6. The van der Waals surface area contributed by atoms with Gasteiger partial charge < -0.3 is 14.7 Å². The van der Waals surface area contributed by atoms with E-state index in [0.717, 1.165) is 11.3 Å². The molecule has 0 radical (unpaired) electrons. The molecule has 0 saturated carbocycles. The highest BCUT2D eigenvalue weighted by molar-refractivity contribution is 7.16. The molecule has 2 N–H and O–H groups in total. The van der Waals surface area contributed by atoms with Gasteiger partial charge in [0.2, 0.25) is 0 Å². The third-order valence-electron chi connectivity index (χ3n) is 2.98. The summed E-state index contributed by atoms with van der Waals surface area (Å²) in [5.41, 5.74) is 0.957. The molecule has 0 saturated heterocycles. The first-order chi connectivity index (χ1) is 9.13. The molecular formula is C13H9NO4S. The normalized spacial score (nSPS) is 12.4. The third kappa shape index (κ3) is 1.61. The van der Waals surface area contributed by atoms with Crippen molar-refractivity contribution >= 4 is 38.1 Å². The number of nitrogens with zero attached hydrogens (tertiary/aromatic N) is 1. The Hall–Kier alpha value is -2.34. The minimum absolute atomic E-state index is 0.0181. The summed E-state index contributed by atoms with van der Waals surface area (Å²) in [4.78, 5) is 11.0. The van der Waals surface area contributed by atoms with Crippen molar-refractivity contribution in [1.82, 2.24) is 0 Å². The van der Waals surface area contributed by atoms with Gasteiger partial charge in [-0.3, -0.25) is 0 Å². The number of oxime groups is 1. The van der Waals surface area contributed by atoms with Gasteiger partial charge in [-0.2, -0.15) is 0 Å². The van der Waals surface area contributed by atoms with Crippen LogP contribution < -0.4 is 4.94 Å². The van der Waals surface area contributed by atoms with Crippen LogP contribution in [0.15, 0.2) is 38.6 Å². The third-order valence-corrected chi connectivity index (χ3v) is 3.82. The zero-order chi connectivity index (χ0) is 13.6. The Morgan fingerprint density at radius 3 is 2.68 bits per heavy atom. The zero-order valence-corrected chi connectivity index (χ0v) is 10.7. The maximum absolute atomic E-state index is 11.5. The van der Waals surface area contributed by atoms with Crippen LogP contribution in [0.25, 0.3) is 21.1 Å². The average Bonchev–Trinajstić information content (AvgIpc) is 2.80. The Bertz CT molecular complexity index is 875. The largest absolute Gasteiger partial charge is 0.507 e. The van der Waals surface area contributed by atoms with E-state index in [4.69, 9.17) is 9.62 Å². The minimum atomic E-state index is -0.460. The molecule has 3 aromatic rings. The zero-order valence-electron chi connectivity index (χ0n) is 9.88. The molecule has 3 rings (SSSR count). The molecule has 0 aliphatic carbocycles. The smallest absolute Gasteiger partial charge is 0.396 e. The second kappa shape index (κ2) is 4.10. The van der Waals surface area contributed by atoms with Gasteiger partial charge in [-0.15, -0.1) is 0 Å². The van der Waals surface area contributed by atoms with Crippen LogP contribution in [0.3, 0.4) is 0 Å². The second-order valence-electron chi connectivity index (χ2n) is 4.07. The van der Waals surface area contributed by atoms with E-state index in [1.807, 2.05) is 0 Å². The van der Waals surface area contributed by atoms with E-state index in [1.165, 1.54) is 0 Å². The summed E-state index contributed by atoms with van der Waals surface area (Å²) >= 11 is 0.877. The quantitative estimate of drug-likeness (QED) is 0.406. The minimum Gasteiger partial charge on any atom is -0.507 e. The lowest BCUT2D eigenvalue weighted by Crippen LogP contribution is -1.96.